The number of carboxylic acid groups (broad SMARTS) is 1. The van der Waals surface area contributed by atoms with Crippen molar-refractivity contribution in [3.63, 3.8) is 0 Å². The van der Waals surface area contributed by atoms with Crippen LogP contribution in [-0.4, -0.2) is 41.3 Å². The van der Waals surface area contributed by atoms with Crippen molar-refractivity contribution < 1.29 is 24.2 Å². The second-order valence-corrected chi connectivity index (χ2v) is 9.30. The molecule has 0 saturated heterocycles. The quantitative estimate of drug-likeness (QED) is 0.477. The number of aliphatic carboxylic acids is 1. The van der Waals surface area contributed by atoms with Crippen LogP contribution in [0, 0.1) is 0 Å². The smallest absolute Gasteiger partial charge is 0.408 e. The van der Waals surface area contributed by atoms with E-state index in [0.29, 0.717) is 19.3 Å². The molecule has 1 atom stereocenters. The fourth-order valence-electron chi connectivity index (χ4n) is 4.98. The van der Waals surface area contributed by atoms with Gasteiger partial charge in [-0.05, 0) is 47.9 Å². The summed E-state index contributed by atoms with van der Waals surface area (Å²) in [5.41, 5.74) is 3.52. The number of carboxylic acids is 1. The Hall–Kier alpha value is -3.35. The Kier molecular flexibility index (Phi) is 7.20. The van der Waals surface area contributed by atoms with Gasteiger partial charge in [-0.2, -0.15) is 0 Å². The molecule has 1 fully saturated rings. The largest absolute Gasteiger partial charge is 0.481 e. The summed E-state index contributed by atoms with van der Waals surface area (Å²) in [5, 5.41) is 14.8. The summed E-state index contributed by atoms with van der Waals surface area (Å²) in [4.78, 5) is 37.0. The van der Waals surface area contributed by atoms with Crippen molar-refractivity contribution in [3.8, 4) is 11.1 Å². The zero-order valence-electron chi connectivity index (χ0n) is 19.5. The maximum Gasteiger partial charge on any atom is 0.408 e. The predicted octanol–water partition coefficient (Wildman–Crippen LogP) is 4.60. The zero-order valence-corrected chi connectivity index (χ0v) is 19.5. The minimum absolute atomic E-state index is 0.0571. The van der Waals surface area contributed by atoms with Crippen molar-refractivity contribution in [2.45, 2.75) is 69.4 Å². The lowest BCUT2D eigenvalue weighted by Crippen LogP contribution is -2.64. The monoisotopic (exact) mass is 464 g/mol. The van der Waals surface area contributed by atoms with Crippen LogP contribution in [0.1, 0.15) is 68.9 Å². The van der Waals surface area contributed by atoms with Crippen molar-refractivity contribution in [1.29, 1.82) is 0 Å². The molecule has 0 heterocycles. The number of unbranched alkanes of at least 4 members (excludes halogenated alkanes) is 1. The molecule has 7 heteroatoms. The number of hydrogen-bond donors (Lipinski definition) is 3. The summed E-state index contributed by atoms with van der Waals surface area (Å²) < 4.78 is 5.63. The molecule has 2 aromatic carbocycles. The molecule has 0 unspecified atom stereocenters. The maximum absolute atomic E-state index is 13.1. The van der Waals surface area contributed by atoms with Gasteiger partial charge in [-0.3, -0.25) is 9.59 Å². The minimum Gasteiger partial charge on any atom is -0.481 e. The minimum atomic E-state index is -1.04. The fourth-order valence-corrected chi connectivity index (χ4v) is 4.98. The van der Waals surface area contributed by atoms with Crippen LogP contribution < -0.4 is 10.6 Å². The van der Waals surface area contributed by atoms with Gasteiger partial charge in [-0.1, -0.05) is 68.3 Å². The SMILES string of the molecule is CCCC[C@@H](CC(=O)O)NC(=O)C1(NC(=O)OCC2c3ccccc3-c3ccccc32)CCC1. The highest BCUT2D eigenvalue weighted by Gasteiger charge is 2.46. The number of fused-ring (bicyclic) bond motifs is 3. The van der Waals surface area contributed by atoms with E-state index in [1.807, 2.05) is 31.2 Å². The van der Waals surface area contributed by atoms with Gasteiger partial charge in [0.2, 0.25) is 5.91 Å². The molecule has 0 aliphatic heterocycles. The van der Waals surface area contributed by atoms with Crippen LogP contribution in [0.3, 0.4) is 0 Å². The average Bonchev–Trinajstić information content (AvgIpc) is 3.12. The number of hydrogen-bond acceptors (Lipinski definition) is 4. The van der Waals surface area contributed by atoms with Crippen LogP contribution in [0.4, 0.5) is 4.79 Å². The van der Waals surface area contributed by atoms with Crippen LogP contribution in [0.2, 0.25) is 0 Å². The Bertz CT molecular complexity index is 1020. The van der Waals surface area contributed by atoms with Gasteiger partial charge < -0.3 is 20.5 Å². The molecule has 0 aromatic heterocycles. The highest BCUT2D eigenvalue weighted by Crippen LogP contribution is 2.44. The lowest BCUT2D eigenvalue weighted by atomic mass is 9.75. The Morgan fingerprint density at radius 3 is 2.21 bits per heavy atom. The van der Waals surface area contributed by atoms with Crippen LogP contribution in [-0.2, 0) is 14.3 Å². The Morgan fingerprint density at radius 2 is 1.68 bits per heavy atom. The van der Waals surface area contributed by atoms with Gasteiger partial charge in [0.15, 0.2) is 0 Å². The number of benzene rings is 2. The lowest BCUT2D eigenvalue weighted by molar-refractivity contribution is -0.138. The van der Waals surface area contributed by atoms with Gasteiger partial charge in [0.25, 0.3) is 0 Å². The number of carbonyl (C=O) groups excluding carboxylic acids is 2. The van der Waals surface area contributed by atoms with E-state index in [1.54, 1.807) is 0 Å². The van der Waals surface area contributed by atoms with E-state index in [1.165, 1.54) is 0 Å². The Morgan fingerprint density at radius 1 is 1.06 bits per heavy atom. The molecule has 3 N–H and O–H groups in total. The van der Waals surface area contributed by atoms with E-state index >= 15 is 0 Å². The predicted molar refractivity (Wildman–Crippen MR) is 128 cm³/mol. The standard InChI is InChI=1S/C27H32N2O5/c1-2-3-9-18(16-24(30)31)28-25(32)27(14-8-15-27)29-26(33)34-17-23-21-12-6-4-10-19(21)20-11-5-7-13-22(20)23/h4-7,10-13,18,23H,2-3,8-9,14-17H2,1H3,(H,28,32)(H,29,33)(H,30,31)/t18-/m0/s1. The lowest BCUT2D eigenvalue weighted by Gasteiger charge is -2.41. The van der Waals surface area contributed by atoms with Crippen LogP contribution in [0.15, 0.2) is 48.5 Å². The molecule has 4 rings (SSSR count). The molecule has 0 radical (unpaired) electrons. The van der Waals surface area contributed by atoms with Gasteiger partial charge in [-0.25, -0.2) is 4.79 Å². The number of carbonyl (C=O) groups is 3. The van der Waals surface area contributed by atoms with Gasteiger partial charge in [0.05, 0.1) is 6.42 Å². The molecular weight excluding hydrogens is 432 g/mol. The van der Waals surface area contributed by atoms with E-state index in [9.17, 15) is 19.5 Å². The Balaban J connectivity index is 1.39. The molecule has 2 aromatic rings. The van der Waals surface area contributed by atoms with Gasteiger partial charge >= 0.3 is 12.1 Å². The van der Waals surface area contributed by atoms with Crippen molar-refractivity contribution in [1.82, 2.24) is 10.6 Å². The van der Waals surface area contributed by atoms with E-state index in [2.05, 4.69) is 34.9 Å². The van der Waals surface area contributed by atoms with E-state index < -0.39 is 23.6 Å². The molecule has 2 aliphatic carbocycles. The molecule has 2 amide bonds. The van der Waals surface area contributed by atoms with Crippen molar-refractivity contribution in [3.05, 3.63) is 59.7 Å². The van der Waals surface area contributed by atoms with E-state index in [0.717, 1.165) is 41.5 Å². The normalized spacial score (nSPS) is 16.5. The summed E-state index contributed by atoms with van der Waals surface area (Å²) in [6.45, 7) is 2.20. The fraction of sp³-hybridized carbons (Fsp3) is 0.444. The first-order chi connectivity index (χ1) is 16.4. The number of ether oxygens (including phenoxy) is 1. The second kappa shape index (κ2) is 10.3. The van der Waals surface area contributed by atoms with Crippen molar-refractivity contribution >= 4 is 18.0 Å². The highest BCUT2D eigenvalue weighted by atomic mass is 16.5. The van der Waals surface area contributed by atoms with Gasteiger partial charge in [0, 0.05) is 12.0 Å². The third-order valence-electron chi connectivity index (χ3n) is 6.99. The average molecular weight is 465 g/mol. The number of amides is 2. The van der Waals surface area contributed by atoms with Crippen LogP contribution in [0.25, 0.3) is 11.1 Å². The Labute approximate surface area is 199 Å². The topological polar surface area (TPSA) is 105 Å². The number of rotatable bonds is 10. The summed E-state index contributed by atoms with van der Waals surface area (Å²) in [7, 11) is 0. The highest BCUT2D eigenvalue weighted by molar-refractivity contribution is 5.91. The molecule has 7 nitrogen and oxygen atoms in total. The van der Waals surface area contributed by atoms with Crippen LogP contribution >= 0.6 is 0 Å². The summed E-state index contributed by atoms with van der Waals surface area (Å²) in [5.74, 6) is -1.33. The zero-order chi connectivity index (χ0) is 24.1. The van der Waals surface area contributed by atoms with Crippen molar-refractivity contribution in [2.24, 2.45) is 0 Å². The third-order valence-corrected chi connectivity index (χ3v) is 6.99. The molecule has 0 bridgehead atoms. The van der Waals surface area contributed by atoms with Crippen molar-refractivity contribution in [2.75, 3.05) is 6.61 Å². The molecular formula is C27H32N2O5. The molecule has 180 valence electrons. The first-order valence-electron chi connectivity index (χ1n) is 12.1. The van der Waals surface area contributed by atoms with Crippen LogP contribution in [0.5, 0.6) is 0 Å². The summed E-state index contributed by atoms with van der Waals surface area (Å²) in [6.07, 6.45) is 3.41. The third kappa shape index (κ3) is 4.93. The maximum atomic E-state index is 13.1. The van der Waals surface area contributed by atoms with Gasteiger partial charge in [0.1, 0.15) is 12.1 Å². The summed E-state index contributed by atoms with van der Waals surface area (Å²) in [6, 6.07) is 15.8. The van der Waals surface area contributed by atoms with Gasteiger partial charge in [-0.15, -0.1) is 0 Å². The second-order valence-electron chi connectivity index (χ2n) is 9.30. The molecule has 34 heavy (non-hydrogen) atoms. The first-order valence-corrected chi connectivity index (χ1v) is 12.1. The summed E-state index contributed by atoms with van der Waals surface area (Å²) >= 11 is 0. The molecule has 1 saturated carbocycles. The first kappa shape index (κ1) is 23.8. The number of alkyl carbamates (subject to hydrolysis) is 1. The molecule has 0 spiro atoms. The van der Waals surface area contributed by atoms with E-state index in [4.69, 9.17) is 4.74 Å². The van der Waals surface area contributed by atoms with E-state index in [-0.39, 0.29) is 24.9 Å². The number of nitrogens with one attached hydrogen (secondary N) is 2. The molecule has 2 aliphatic rings.